The Morgan fingerprint density at radius 1 is 1.30 bits per heavy atom. The molecule has 0 aromatic carbocycles. The summed E-state index contributed by atoms with van der Waals surface area (Å²) in [4.78, 5) is 29.7. The zero-order valence-electron chi connectivity index (χ0n) is 19.8. The Kier molecular flexibility index (Phi) is 8.24. The third kappa shape index (κ3) is 6.21. The summed E-state index contributed by atoms with van der Waals surface area (Å²) in [5, 5.41) is 17.7. The third-order valence-electron chi connectivity index (χ3n) is 5.91. The van der Waals surface area contributed by atoms with E-state index >= 15 is 0 Å². The van der Waals surface area contributed by atoms with Crippen molar-refractivity contribution in [2.75, 3.05) is 13.7 Å². The van der Waals surface area contributed by atoms with Crippen molar-refractivity contribution in [1.82, 2.24) is 24.9 Å². The molecule has 0 aliphatic heterocycles. The highest BCUT2D eigenvalue weighted by Crippen LogP contribution is 2.30. The van der Waals surface area contributed by atoms with Crippen LogP contribution in [0.5, 0.6) is 5.75 Å². The van der Waals surface area contributed by atoms with Crippen LogP contribution in [0.1, 0.15) is 56.8 Å². The highest BCUT2D eigenvalue weighted by Gasteiger charge is 2.28. The van der Waals surface area contributed by atoms with E-state index in [1.54, 1.807) is 18.8 Å². The SMILES string of the molecule is CCCCOC(=O)N(C)Cc1c(-c2ccc(O[C@H]3CCC[C@H](C(=O)O)C3)c(C)n2)nnn1C. The average Bonchev–Trinajstić information content (AvgIpc) is 3.15. The highest BCUT2D eigenvalue weighted by atomic mass is 16.6. The van der Waals surface area contributed by atoms with Crippen molar-refractivity contribution in [3.8, 4) is 17.1 Å². The van der Waals surface area contributed by atoms with E-state index in [9.17, 15) is 14.7 Å². The van der Waals surface area contributed by atoms with Crippen molar-refractivity contribution < 1.29 is 24.2 Å². The van der Waals surface area contributed by atoms with Crippen LogP contribution >= 0.6 is 0 Å². The number of carbonyl (C=O) groups is 2. The summed E-state index contributed by atoms with van der Waals surface area (Å²) in [5.41, 5.74) is 2.64. The first-order chi connectivity index (χ1) is 15.8. The molecule has 1 saturated carbocycles. The lowest BCUT2D eigenvalue weighted by Gasteiger charge is -2.27. The van der Waals surface area contributed by atoms with Gasteiger partial charge < -0.3 is 19.5 Å². The first kappa shape index (κ1) is 24.5. The van der Waals surface area contributed by atoms with Crippen LogP contribution in [0, 0.1) is 12.8 Å². The maximum Gasteiger partial charge on any atom is 0.409 e. The fourth-order valence-corrected chi connectivity index (χ4v) is 3.92. The van der Waals surface area contributed by atoms with Crippen molar-refractivity contribution in [1.29, 1.82) is 0 Å². The Hall–Kier alpha value is -3.17. The second kappa shape index (κ2) is 11.1. The second-order valence-electron chi connectivity index (χ2n) is 8.55. The molecule has 1 aliphatic carbocycles. The third-order valence-corrected chi connectivity index (χ3v) is 5.91. The molecule has 1 N–H and O–H groups in total. The fraction of sp³-hybridized carbons (Fsp3) is 0.609. The summed E-state index contributed by atoms with van der Waals surface area (Å²) in [6, 6.07) is 3.65. The topological polar surface area (TPSA) is 120 Å². The van der Waals surface area contributed by atoms with Crippen LogP contribution < -0.4 is 4.74 Å². The number of unbranched alkanes of at least 4 members (excludes halogenated alkanes) is 1. The molecule has 0 unspecified atom stereocenters. The molecule has 2 heterocycles. The van der Waals surface area contributed by atoms with E-state index < -0.39 is 12.1 Å². The quantitative estimate of drug-likeness (QED) is 0.565. The molecule has 2 aromatic heterocycles. The van der Waals surface area contributed by atoms with Gasteiger partial charge in [-0.25, -0.2) is 14.5 Å². The number of carboxylic acids is 1. The van der Waals surface area contributed by atoms with E-state index in [0.717, 1.165) is 31.4 Å². The van der Waals surface area contributed by atoms with Crippen molar-refractivity contribution >= 4 is 12.1 Å². The molecule has 2 aromatic rings. The summed E-state index contributed by atoms with van der Waals surface area (Å²) >= 11 is 0. The lowest BCUT2D eigenvalue weighted by atomic mass is 9.87. The molecule has 10 heteroatoms. The van der Waals surface area contributed by atoms with Gasteiger partial charge in [0.1, 0.15) is 11.4 Å². The molecule has 1 amide bonds. The van der Waals surface area contributed by atoms with Gasteiger partial charge in [-0.2, -0.15) is 0 Å². The number of aliphatic carboxylic acids is 1. The molecule has 33 heavy (non-hydrogen) atoms. The maximum atomic E-state index is 12.2. The largest absolute Gasteiger partial charge is 0.489 e. The summed E-state index contributed by atoms with van der Waals surface area (Å²) in [7, 11) is 3.45. The molecule has 0 spiro atoms. The number of aryl methyl sites for hydroxylation is 2. The number of rotatable bonds is 9. The highest BCUT2D eigenvalue weighted by molar-refractivity contribution is 5.70. The van der Waals surface area contributed by atoms with E-state index in [-0.39, 0.29) is 18.6 Å². The van der Waals surface area contributed by atoms with Gasteiger partial charge in [0.2, 0.25) is 0 Å². The van der Waals surface area contributed by atoms with Crippen LogP contribution in [-0.2, 0) is 23.1 Å². The number of hydrogen-bond acceptors (Lipinski definition) is 7. The first-order valence-electron chi connectivity index (χ1n) is 11.4. The number of pyridine rings is 1. The van der Waals surface area contributed by atoms with Crippen LogP contribution in [0.15, 0.2) is 12.1 Å². The Morgan fingerprint density at radius 3 is 2.79 bits per heavy atom. The molecular formula is C23H33N5O5. The number of hydrogen-bond donors (Lipinski definition) is 1. The Labute approximate surface area is 193 Å². The monoisotopic (exact) mass is 459 g/mol. The zero-order valence-corrected chi connectivity index (χ0v) is 19.8. The van der Waals surface area contributed by atoms with Gasteiger partial charge >= 0.3 is 12.1 Å². The standard InChI is InChI=1S/C23H33N5O5/c1-5-6-12-32-23(31)27(3)14-19-21(25-26-28(19)4)18-10-11-20(15(2)24-18)33-17-9-7-8-16(13-17)22(29)30/h10-11,16-17H,5-9,12-14H2,1-4H3,(H,29,30)/t16-,17-/m0/s1. The Bertz CT molecular complexity index is 976. The van der Waals surface area contributed by atoms with Crippen LogP contribution in [0.2, 0.25) is 0 Å². The van der Waals surface area contributed by atoms with Crippen molar-refractivity contribution in [2.45, 2.75) is 65.0 Å². The van der Waals surface area contributed by atoms with E-state index in [1.165, 1.54) is 4.90 Å². The van der Waals surface area contributed by atoms with Crippen molar-refractivity contribution in [3.63, 3.8) is 0 Å². The Balaban J connectivity index is 1.71. The zero-order chi connectivity index (χ0) is 24.0. The smallest absolute Gasteiger partial charge is 0.409 e. The van der Waals surface area contributed by atoms with Gasteiger partial charge in [0.25, 0.3) is 0 Å². The minimum atomic E-state index is -0.761. The van der Waals surface area contributed by atoms with Gasteiger partial charge in [0, 0.05) is 14.1 Å². The van der Waals surface area contributed by atoms with Gasteiger partial charge in [-0.05, 0) is 51.2 Å². The normalized spacial score (nSPS) is 18.1. The van der Waals surface area contributed by atoms with Crippen molar-refractivity contribution in [2.24, 2.45) is 13.0 Å². The van der Waals surface area contributed by atoms with Crippen LogP contribution in [0.3, 0.4) is 0 Å². The van der Waals surface area contributed by atoms with Crippen LogP contribution in [0.25, 0.3) is 11.4 Å². The summed E-state index contributed by atoms with van der Waals surface area (Å²) < 4.78 is 13.0. The number of ether oxygens (including phenoxy) is 2. The van der Waals surface area contributed by atoms with Crippen molar-refractivity contribution in [3.05, 3.63) is 23.5 Å². The fourth-order valence-electron chi connectivity index (χ4n) is 3.92. The van der Waals surface area contributed by atoms with E-state index in [1.807, 2.05) is 26.0 Å². The van der Waals surface area contributed by atoms with Gasteiger partial charge in [0.15, 0.2) is 0 Å². The van der Waals surface area contributed by atoms with Gasteiger partial charge in [-0.15, -0.1) is 5.10 Å². The van der Waals surface area contributed by atoms with Crippen LogP contribution in [0.4, 0.5) is 4.79 Å². The Morgan fingerprint density at radius 2 is 2.09 bits per heavy atom. The summed E-state index contributed by atoms with van der Waals surface area (Å²) in [6.45, 7) is 4.57. The summed E-state index contributed by atoms with van der Waals surface area (Å²) in [6.07, 6.45) is 4.13. The number of carboxylic acid groups (broad SMARTS) is 1. The number of amides is 1. The predicted octanol–water partition coefficient (Wildman–Crippen LogP) is 3.58. The van der Waals surface area contributed by atoms with Gasteiger partial charge in [-0.3, -0.25) is 4.79 Å². The summed E-state index contributed by atoms with van der Waals surface area (Å²) in [5.74, 6) is -0.483. The maximum absolute atomic E-state index is 12.2. The van der Waals surface area contributed by atoms with Gasteiger partial charge in [-0.1, -0.05) is 18.6 Å². The number of nitrogens with zero attached hydrogens (tertiary/aromatic N) is 5. The molecule has 0 bridgehead atoms. The second-order valence-corrected chi connectivity index (χ2v) is 8.55. The molecule has 1 fully saturated rings. The molecule has 1 aliphatic rings. The van der Waals surface area contributed by atoms with Crippen LogP contribution in [-0.4, -0.2) is 61.8 Å². The lowest BCUT2D eigenvalue weighted by molar-refractivity contribution is -0.143. The minimum absolute atomic E-state index is 0.134. The molecule has 3 rings (SSSR count). The number of carbonyl (C=O) groups excluding carboxylic acids is 1. The molecular weight excluding hydrogens is 426 g/mol. The van der Waals surface area contributed by atoms with Gasteiger partial charge in [0.05, 0.1) is 42.3 Å². The van der Waals surface area contributed by atoms with E-state index in [0.29, 0.717) is 42.3 Å². The average molecular weight is 460 g/mol. The van der Waals surface area contributed by atoms with E-state index in [4.69, 9.17) is 9.47 Å². The lowest BCUT2D eigenvalue weighted by Crippen LogP contribution is -2.29. The molecule has 10 nitrogen and oxygen atoms in total. The number of aromatic nitrogens is 4. The minimum Gasteiger partial charge on any atom is -0.489 e. The van der Waals surface area contributed by atoms with E-state index in [2.05, 4.69) is 15.3 Å². The molecule has 180 valence electrons. The molecule has 0 radical (unpaired) electrons. The predicted molar refractivity (Wildman–Crippen MR) is 121 cm³/mol. The first-order valence-corrected chi connectivity index (χ1v) is 11.4. The molecule has 0 saturated heterocycles. The molecule has 2 atom stereocenters.